The highest BCUT2D eigenvalue weighted by Crippen LogP contribution is 2.47. The summed E-state index contributed by atoms with van der Waals surface area (Å²) in [6, 6.07) is 0. The average molecular weight is 263 g/mol. The summed E-state index contributed by atoms with van der Waals surface area (Å²) in [5, 5.41) is 10.5. The monoisotopic (exact) mass is 263 g/mol. The number of hydrogen-bond acceptors (Lipinski definition) is 2. The highest BCUT2D eigenvalue weighted by atomic mass is 19.4. The summed E-state index contributed by atoms with van der Waals surface area (Å²) in [6.07, 6.45) is -12.4. The quantitative estimate of drug-likeness (QED) is 0.678. The van der Waals surface area contributed by atoms with E-state index in [1.807, 2.05) is 0 Å². The highest BCUT2D eigenvalue weighted by Gasteiger charge is 2.51. The van der Waals surface area contributed by atoms with Gasteiger partial charge >= 0.3 is 12.4 Å². The van der Waals surface area contributed by atoms with Crippen LogP contribution in [0.3, 0.4) is 0 Å². The first-order valence-corrected chi connectivity index (χ1v) is 4.86. The summed E-state index contributed by atoms with van der Waals surface area (Å²) in [6.45, 7) is 0. The zero-order chi connectivity index (χ0) is 13.4. The Bertz CT molecular complexity index is 273. The Morgan fingerprint density at radius 1 is 0.882 bits per heavy atom. The van der Waals surface area contributed by atoms with Crippen molar-refractivity contribution in [3.05, 3.63) is 0 Å². The number of rotatable bonds is 1. The minimum atomic E-state index is -4.81. The topological polar surface area (TPSA) is 40.1 Å². The van der Waals surface area contributed by atoms with Gasteiger partial charge in [-0.05, 0) is 25.2 Å². The Balaban J connectivity index is 2.88. The predicted octanol–water partition coefficient (Wildman–Crippen LogP) is 1.89. The fourth-order valence-corrected chi connectivity index (χ4v) is 2.05. The summed E-state index contributed by atoms with van der Waals surface area (Å²) < 4.78 is 74.2. The molecule has 1 unspecified atom stereocenters. The van der Waals surface area contributed by atoms with E-state index in [2.05, 4.69) is 0 Å². The summed E-state index contributed by atoms with van der Waals surface area (Å²) in [5.41, 5.74) is 0. The van der Waals surface area contributed by atoms with Crippen molar-refractivity contribution in [2.75, 3.05) is 0 Å². The van der Waals surface area contributed by atoms with Crippen LogP contribution < -0.4 is 5.11 Å². The van der Waals surface area contributed by atoms with Crippen molar-refractivity contribution in [1.29, 1.82) is 0 Å². The lowest BCUT2D eigenvalue weighted by Crippen LogP contribution is -2.44. The van der Waals surface area contributed by atoms with E-state index in [0.717, 1.165) is 0 Å². The Hall–Kier alpha value is -0.950. The summed E-state index contributed by atoms with van der Waals surface area (Å²) in [5.74, 6) is -8.01. The fourth-order valence-electron chi connectivity index (χ4n) is 2.05. The average Bonchev–Trinajstić information content (AvgIpc) is 2.14. The SMILES string of the molecule is O=C([O-])C1C[C@@H](C(F)(F)F)C[C@@H](C(F)(F)F)C1. The molecule has 0 saturated heterocycles. The number of aliphatic carboxylic acids is 1. The molecule has 1 rings (SSSR count). The number of carboxylic acids is 1. The molecule has 17 heavy (non-hydrogen) atoms. The number of hydrogen-bond donors (Lipinski definition) is 0. The van der Waals surface area contributed by atoms with Gasteiger partial charge in [-0.25, -0.2) is 0 Å². The molecule has 100 valence electrons. The molecule has 0 heterocycles. The Labute approximate surface area is 92.6 Å². The van der Waals surface area contributed by atoms with Crippen LogP contribution in [0.15, 0.2) is 0 Å². The van der Waals surface area contributed by atoms with Crippen LogP contribution in [0.2, 0.25) is 0 Å². The van der Waals surface area contributed by atoms with Crippen molar-refractivity contribution in [3.63, 3.8) is 0 Å². The zero-order valence-electron chi connectivity index (χ0n) is 8.44. The summed E-state index contributed by atoms with van der Waals surface area (Å²) in [7, 11) is 0. The third kappa shape index (κ3) is 3.50. The van der Waals surface area contributed by atoms with Gasteiger partial charge in [0.05, 0.1) is 11.8 Å². The molecule has 3 atom stereocenters. The van der Waals surface area contributed by atoms with Gasteiger partial charge in [0.2, 0.25) is 0 Å². The molecular formula is C9H9F6O2-. The van der Waals surface area contributed by atoms with E-state index in [1.165, 1.54) is 0 Å². The second kappa shape index (κ2) is 4.38. The van der Waals surface area contributed by atoms with E-state index in [0.29, 0.717) is 0 Å². The van der Waals surface area contributed by atoms with Gasteiger partial charge in [0.15, 0.2) is 0 Å². The van der Waals surface area contributed by atoms with E-state index in [1.54, 1.807) is 0 Å². The minimum absolute atomic E-state index is 0.835. The maximum Gasteiger partial charge on any atom is 0.391 e. The van der Waals surface area contributed by atoms with Crippen molar-refractivity contribution in [1.82, 2.24) is 0 Å². The first-order valence-electron chi connectivity index (χ1n) is 4.86. The van der Waals surface area contributed by atoms with Gasteiger partial charge < -0.3 is 9.90 Å². The summed E-state index contributed by atoms with van der Waals surface area (Å²) >= 11 is 0. The molecule has 8 heteroatoms. The molecule has 0 amide bonds. The third-order valence-electron chi connectivity index (χ3n) is 2.97. The number of carbonyl (C=O) groups is 1. The molecule has 1 saturated carbocycles. The van der Waals surface area contributed by atoms with E-state index in [9.17, 15) is 36.2 Å². The molecule has 2 nitrogen and oxygen atoms in total. The second-order valence-corrected chi connectivity index (χ2v) is 4.20. The largest absolute Gasteiger partial charge is 0.550 e. The normalized spacial score (nSPS) is 31.3. The summed E-state index contributed by atoms with van der Waals surface area (Å²) in [4.78, 5) is 10.5. The minimum Gasteiger partial charge on any atom is -0.550 e. The lowest BCUT2D eigenvalue weighted by Gasteiger charge is -2.36. The Kier molecular flexibility index (Phi) is 3.63. The maximum atomic E-state index is 12.4. The standard InChI is InChI=1S/C9H10F6O2/c10-8(11,12)5-1-4(7(16)17)2-6(3-5)9(13,14)15/h4-6H,1-3H2,(H,16,17)/p-1/t4?,5-,6+. The van der Waals surface area contributed by atoms with Gasteiger partial charge in [-0.1, -0.05) is 0 Å². The van der Waals surface area contributed by atoms with Crippen molar-refractivity contribution >= 4 is 5.97 Å². The highest BCUT2D eigenvalue weighted by molar-refractivity contribution is 5.67. The molecule has 0 spiro atoms. The van der Waals surface area contributed by atoms with Gasteiger partial charge in [-0.15, -0.1) is 0 Å². The number of alkyl halides is 6. The Morgan fingerprint density at radius 2 is 1.24 bits per heavy atom. The van der Waals surface area contributed by atoms with Gasteiger partial charge in [-0.3, -0.25) is 0 Å². The van der Waals surface area contributed by atoms with Crippen LogP contribution in [0.1, 0.15) is 19.3 Å². The van der Waals surface area contributed by atoms with E-state index < -0.39 is 55.3 Å². The molecule has 0 aliphatic heterocycles. The number of halogens is 6. The van der Waals surface area contributed by atoms with Crippen LogP contribution in [0.4, 0.5) is 26.3 Å². The van der Waals surface area contributed by atoms with Crippen LogP contribution in [0, 0.1) is 17.8 Å². The van der Waals surface area contributed by atoms with Crippen molar-refractivity contribution in [2.45, 2.75) is 31.6 Å². The van der Waals surface area contributed by atoms with Crippen LogP contribution >= 0.6 is 0 Å². The molecule has 0 aromatic heterocycles. The fraction of sp³-hybridized carbons (Fsp3) is 0.889. The molecule has 1 aliphatic rings. The Morgan fingerprint density at radius 3 is 1.47 bits per heavy atom. The van der Waals surface area contributed by atoms with Crippen LogP contribution in [-0.2, 0) is 4.79 Å². The smallest absolute Gasteiger partial charge is 0.391 e. The van der Waals surface area contributed by atoms with Crippen LogP contribution in [0.5, 0.6) is 0 Å². The number of carboxylic acid groups (broad SMARTS) is 1. The van der Waals surface area contributed by atoms with Crippen LogP contribution in [0.25, 0.3) is 0 Å². The second-order valence-electron chi connectivity index (χ2n) is 4.20. The lowest BCUT2D eigenvalue weighted by molar-refractivity contribution is -0.316. The van der Waals surface area contributed by atoms with E-state index >= 15 is 0 Å². The van der Waals surface area contributed by atoms with Crippen molar-refractivity contribution < 1.29 is 36.2 Å². The molecule has 0 radical (unpaired) electrons. The molecule has 0 aromatic rings. The predicted molar refractivity (Wildman–Crippen MR) is 41.4 cm³/mol. The molecular weight excluding hydrogens is 254 g/mol. The van der Waals surface area contributed by atoms with E-state index in [4.69, 9.17) is 0 Å². The molecule has 0 aromatic carbocycles. The lowest BCUT2D eigenvalue weighted by atomic mass is 9.74. The molecule has 1 fully saturated rings. The molecule has 1 aliphatic carbocycles. The first-order chi connectivity index (χ1) is 7.51. The van der Waals surface area contributed by atoms with Gasteiger partial charge in [0, 0.05) is 5.97 Å². The first kappa shape index (κ1) is 14.1. The zero-order valence-corrected chi connectivity index (χ0v) is 8.44. The molecule has 0 N–H and O–H groups in total. The van der Waals surface area contributed by atoms with Gasteiger partial charge in [0.25, 0.3) is 0 Å². The van der Waals surface area contributed by atoms with Gasteiger partial charge in [-0.2, -0.15) is 26.3 Å². The number of carbonyl (C=O) groups excluding carboxylic acids is 1. The van der Waals surface area contributed by atoms with E-state index in [-0.39, 0.29) is 0 Å². The third-order valence-corrected chi connectivity index (χ3v) is 2.97. The van der Waals surface area contributed by atoms with Gasteiger partial charge in [0.1, 0.15) is 0 Å². The van der Waals surface area contributed by atoms with Crippen LogP contribution in [-0.4, -0.2) is 18.3 Å². The molecule has 0 bridgehead atoms. The van der Waals surface area contributed by atoms with Crippen molar-refractivity contribution in [3.8, 4) is 0 Å². The van der Waals surface area contributed by atoms with Crippen molar-refractivity contribution in [2.24, 2.45) is 17.8 Å². The maximum absolute atomic E-state index is 12.4.